The van der Waals surface area contributed by atoms with E-state index in [1.165, 1.54) is 49.1 Å². The lowest BCUT2D eigenvalue weighted by Crippen LogP contribution is -2.26. The van der Waals surface area contributed by atoms with Crippen LogP contribution in [0.2, 0.25) is 0 Å². The molecule has 4 rings (SSSR count). The first-order chi connectivity index (χ1) is 19.8. The van der Waals surface area contributed by atoms with Gasteiger partial charge in [0.2, 0.25) is 5.89 Å². The molecule has 14 heteroatoms. The lowest BCUT2D eigenvalue weighted by atomic mass is 10.1. The molecule has 10 nitrogen and oxygen atoms in total. The van der Waals surface area contributed by atoms with E-state index in [0.29, 0.717) is 35.0 Å². The standard InChI is InChI=1S/C28H30F3N4O6P/c1-27(2,42(36,37)38)35-17-22(33-34-35)6-4-3-5-20-7-12-24(13-8-20)39-18-23-19-40-26(32-23)16-11-21-9-14-25(15-10-21)41-28(29,30)31/h7-17,19H,3-6,18H2,1-2H3,(H2,36,37,38)/b16-11+. The Labute approximate surface area is 240 Å². The molecule has 2 aromatic heterocycles. The molecular weight excluding hydrogens is 576 g/mol. The highest BCUT2D eigenvalue weighted by molar-refractivity contribution is 7.52. The van der Waals surface area contributed by atoms with E-state index in [2.05, 4.69) is 20.0 Å². The number of benzene rings is 2. The van der Waals surface area contributed by atoms with Crippen LogP contribution < -0.4 is 9.47 Å². The van der Waals surface area contributed by atoms with E-state index in [9.17, 15) is 27.5 Å². The number of hydrogen-bond acceptors (Lipinski definition) is 7. The largest absolute Gasteiger partial charge is 0.573 e. The number of oxazole rings is 1. The molecule has 0 amide bonds. The zero-order chi connectivity index (χ0) is 30.4. The minimum Gasteiger partial charge on any atom is -0.487 e. The summed E-state index contributed by atoms with van der Waals surface area (Å²) in [6, 6.07) is 13.1. The van der Waals surface area contributed by atoms with Crippen LogP contribution in [0.15, 0.2) is 65.4 Å². The molecule has 0 aliphatic rings. The second-order valence-electron chi connectivity index (χ2n) is 9.96. The lowest BCUT2D eigenvalue weighted by molar-refractivity contribution is -0.274. The predicted octanol–water partition coefficient (Wildman–Crippen LogP) is 6.35. The number of aromatic nitrogens is 4. The first-order valence-electron chi connectivity index (χ1n) is 13.0. The summed E-state index contributed by atoms with van der Waals surface area (Å²) >= 11 is 0. The minimum atomic E-state index is -4.73. The number of halogens is 3. The molecule has 0 radical (unpaired) electrons. The molecule has 224 valence electrons. The summed E-state index contributed by atoms with van der Waals surface area (Å²) in [5.74, 6) is 0.700. The molecule has 0 aliphatic carbocycles. The summed E-state index contributed by atoms with van der Waals surface area (Å²) in [4.78, 5) is 23.4. The van der Waals surface area contributed by atoms with Gasteiger partial charge in [-0.2, -0.15) is 0 Å². The second-order valence-corrected chi connectivity index (χ2v) is 12.1. The average molecular weight is 607 g/mol. The maximum atomic E-state index is 12.3. The Morgan fingerprint density at radius 2 is 1.62 bits per heavy atom. The molecule has 0 bridgehead atoms. The predicted molar refractivity (Wildman–Crippen MR) is 147 cm³/mol. The highest BCUT2D eigenvalue weighted by Gasteiger charge is 2.40. The monoisotopic (exact) mass is 606 g/mol. The molecule has 0 fully saturated rings. The maximum Gasteiger partial charge on any atom is 0.573 e. The van der Waals surface area contributed by atoms with E-state index < -0.39 is 19.2 Å². The molecule has 0 spiro atoms. The molecule has 2 heterocycles. The van der Waals surface area contributed by atoms with Crippen molar-refractivity contribution in [1.29, 1.82) is 0 Å². The van der Waals surface area contributed by atoms with Gasteiger partial charge in [-0.05, 0) is 81.0 Å². The van der Waals surface area contributed by atoms with Gasteiger partial charge in [0.15, 0.2) is 5.28 Å². The topological polar surface area (TPSA) is 133 Å². The lowest BCUT2D eigenvalue weighted by Gasteiger charge is -2.25. The molecule has 2 aromatic carbocycles. The zero-order valence-corrected chi connectivity index (χ0v) is 23.8. The fourth-order valence-corrected chi connectivity index (χ4v) is 4.14. The number of ether oxygens (including phenoxy) is 2. The molecule has 42 heavy (non-hydrogen) atoms. The van der Waals surface area contributed by atoms with Crippen LogP contribution in [-0.4, -0.2) is 36.1 Å². The van der Waals surface area contributed by atoms with E-state index in [-0.39, 0.29) is 12.4 Å². The third-order valence-electron chi connectivity index (χ3n) is 6.37. The maximum absolute atomic E-state index is 12.3. The summed E-state index contributed by atoms with van der Waals surface area (Å²) in [5.41, 5.74) is 3.05. The first-order valence-corrected chi connectivity index (χ1v) is 14.6. The van der Waals surface area contributed by atoms with E-state index in [1.807, 2.05) is 24.3 Å². The Balaban J connectivity index is 1.18. The number of unbranched alkanes of at least 4 members (excludes halogenated alkanes) is 1. The van der Waals surface area contributed by atoms with E-state index in [0.717, 1.165) is 24.8 Å². The van der Waals surface area contributed by atoms with Crippen molar-refractivity contribution in [3.63, 3.8) is 0 Å². The first kappa shape index (κ1) is 31.0. The van der Waals surface area contributed by atoms with Crippen LogP contribution in [0.4, 0.5) is 13.2 Å². The van der Waals surface area contributed by atoms with Crippen LogP contribution in [-0.2, 0) is 29.3 Å². The van der Waals surface area contributed by atoms with Crippen molar-refractivity contribution in [3.8, 4) is 11.5 Å². The third-order valence-corrected chi connectivity index (χ3v) is 8.00. The van der Waals surface area contributed by atoms with Crippen LogP contribution in [0, 0.1) is 0 Å². The summed E-state index contributed by atoms with van der Waals surface area (Å²) in [7, 11) is -4.38. The van der Waals surface area contributed by atoms with Gasteiger partial charge >= 0.3 is 14.0 Å². The van der Waals surface area contributed by atoms with Gasteiger partial charge in [0.05, 0.1) is 5.69 Å². The smallest absolute Gasteiger partial charge is 0.487 e. The Morgan fingerprint density at radius 1 is 0.952 bits per heavy atom. The number of aryl methyl sites for hydroxylation is 2. The summed E-state index contributed by atoms with van der Waals surface area (Å²) in [6.45, 7) is 3.05. The van der Waals surface area contributed by atoms with Crippen molar-refractivity contribution in [1.82, 2.24) is 20.0 Å². The molecule has 0 saturated carbocycles. The Bertz CT molecular complexity index is 1530. The molecule has 0 saturated heterocycles. The highest BCUT2D eigenvalue weighted by atomic mass is 31.2. The van der Waals surface area contributed by atoms with Crippen molar-refractivity contribution in [2.24, 2.45) is 0 Å². The molecule has 2 N–H and O–H groups in total. The van der Waals surface area contributed by atoms with Crippen LogP contribution >= 0.6 is 7.60 Å². The van der Waals surface area contributed by atoms with Crippen LogP contribution in [0.1, 0.15) is 55.1 Å². The number of rotatable bonds is 13. The molecule has 0 unspecified atom stereocenters. The Hall–Kier alpha value is -3.93. The van der Waals surface area contributed by atoms with Crippen LogP contribution in [0.3, 0.4) is 0 Å². The van der Waals surface area contributed by atoms with Gasteiger partial charge in [-0.25, -0.2) is 9.67 Å². The summed E-state index contributed by atoms with van der Waals surface area (Å²) in [5, 5.41) is 6.47. The number of nitrogens with zero attached hydrogens (tertiary/aromatic N) is 4. The highest BCUT2D eigenvalue weighted by Crippen LogP contribution is 2.52. The van der Waals surface area contributed by atoms with Crippen molar-refractivity contribution in [2.45, 2.75) is 57.8 Å². The normalized spacial score (nSPS) is 12.6. The quantitative estimate of drug-likeness (QED) is 0.132. The summed E-state index contributed by atoms with van der Waals surface area (Å²) in [6.07, 6.45) is 4.81. The van der Waals surface area contributed by atoms with Crippen molar-refractivity contribution in [3.05, 3.63) is 89.4 Å². The SMILES string of the molecule is CC(C)(n1cc(CCCCc2ccc(OCc3coc(/C=C/c4ccc(OC(F)(F)F)cc4)n3)cc2)nn1)P(=O)(O)O. The van der Waals surface area contributed by atoms with Crippen molar-refractivity contribution < 1.29 is 41.4 Å². The van der Waals surface area contributed by atoms with Crippen molar-refractivity contribution in [2.75, 3.05) is 0 Å². The average Bonchev–Trinajstić information content (AvgIpc) is 3.59. The molecular formula is C28H30F3N4O6P. The van der Waals surface area contributed by atoms with E-state index in [1.54, 1.807) is 18.3 Å². The Morgan fingerprint density at radius 3 is 2.29 bits per heavy atom. The second kappa shape index (κ2) is 12.9. The molecule has 4 aromatic rings. The third kappa shape index (κ3) is 8.78. The van der Waals surface area contributed by atoms with Gasteiger partial charge in [-0.3, -0.25) is 4.57 Å². The van der Waals surface area contributed by atoms with Gasteiger partial charge in [-0.15, -0.1) is 18.3 Å². The summed E-state index contributed by atoms with van der Waals surface area (Å²) < 4.78 is 64.8. The van der Waals surface area contributed by atoms with Gasteiger partial charge in [0.1, 0.15) is 30.1 Å². The molecule has 0 atom stereocenters. The fourth-order valence-electron chi connectivity index (χ4n) is 3.77. The van der Waals surface area contributed by atoms with Crippen LogP contribution in [0.5, 0.6) is 11.5 Å². The number of hydrogen-bond donors (Lipinski definition) is 2. The molecule has 0 aliphatic heterocycles. The Kier molecular flexibility index (Phi) is 9.55. The van der Waals surface area contributed by atoms with Gasteiger partial charge in [0, 0.05) is 12.3 Å². The van der Waals surface area contributed by atoms with Gasteiger partial charge in [-0.1, -0.05) is 29.5 Å². The number of alkyl halides is 3. The van der Waals surface area contributed by atoms with Crippen molar-refractivity contribution >= 4 is 19.7 Å². The van der Waals surface area contributed by atoms with E-state index >= 15 is 0 Å². The van der Waals surface area contributed by atoms with Gasteiger partial charge in [0.25, 0.3) is 0 Å². The van der Waals surface area contributed by atoms with Crippen LogP contribution in [0.25, 0.3) is 12.2 Å². The van der Waals surface area contributed by atoms with Gasteiger partial charge < -0.3 is 23.7 Å². The minimum absolute atomic E-state index is 0.194. The zero-order valence-electron chi connectivity index (χ0n) is 22.9. The fraction of sp³-hybridized carbons (Fsp3) is 0.321. The van der Waals surface area contributed by atoms with E-state index in [4.69, 9.17) is 9.15 Å².